The van der Waals surface area contributed by atoms with Crippen molar-refractivity contribution in [1.29, 1.82) is 0 Å². The number of anilines is 1. The van der Waals surface area contributed by atoms with Gasteiger partial charge in [0.05, 0.1) is 13.7 Å². The van der Waals surface area contributed by atoms with E-state index in [2.05, 4.69) is 16.0 Å². The maximum atomic E-state index is 12.2. The smallest absolute Gasteiger partial charge is 0.243 e. The first-order valence-electron chi connectivity index (χ1n) is 12.2. The summed E-state index contributed by atoms with van der Waals surface area (Å²) in [7, 11) is 1.67. The van der Waals surface area contributed by atoms with Gasteiger partial charge in [0.2, 0.25) is 11.8 Å². The minimum atomic E-state index is -0.339. The summed E-state index contributed by atoms with van der Waals surface area (Å²) in [6, 6.07) is 15.5. The number of unbranched alkanes of at least 4 members (excludes halogenated alkanes) is 5. The van der Waals surface area contributed by atoms with Crippen LogP contribution < -0.4 is 20.3 Å². The quantitative estimate of drug-likeness (QED) is 0.155. The molecule has 0 atom stereocenters. The Morgan fingerprint density at radius 2 is 1.51 bits per heavy atom. The number of carbonyl (C=O) groups excluding carboxylic acids is 2. The molecule has 1 aromatic heterocycles. The van der Waals surface area contributed by atoms with Gasteiger partial charge in [0.25, 0.3) is 0 Å². The highest BCUT2D eigenvalue weighted by atomic mass is 16.5. The highest BCUT2D eigenvalue weighted by Gasteiger charge is 2.05. The van der Waals surface area contributed by atoms with E-state index in [0.29, 0.717) is 19.4 Å². The third-order valence-corrected chi connectivity index (χ3v) is 5.90. The van der Waals surface area contributed by atoms with Gasteiger partial charge >= 0.3 is 0 Å². The van der Waals surface area contributed by atoms with Crippen LogP contribution in [0.2, 0.25) is 0 Å². The van der Waals surface area contributed by atoms with E-state index in [1.165, 1.54) is 0 Å². The van der Waals surface area contributed by atoms with Crippen LogP contribution in [0.5, 0.6) is 11.5 Å². The van der Waals surface area contributed by atoms with Gasteiger partial charge in [-0.1, -0.05) is 25.7 Å². The van der Waals surface area contributed by atoms with E-state index in [0.717, 1.165) is 73.2 Å². The standard InChI is InChI=1S/C27H35N3O5/c1-34-24-14-15-25-21(20-24)16-17-30(25)18-19-35-23-12-10-22(11-13-23)28-26(31)8-6-4-2-3-5-7-9-27(32)29-33/h10-17,20,33H,2-9,18-19H2,1H3,(H,28,31)(H,29,32). The van der Waals surface area contributed by atoms with Crippen LogP contribution in [0.15, 0.2) is 54.7 Å². The molecule has 0 bridgehead atoms. The first-order chi connectivity index (χ1) is 17.1. The maximum Gasteiger partial charge on any atom is 0.243 e. The molecule has 8 heteroatoms. The van der Waals surface area contributed by atoms with E-state index < -0.39 is 0 Å². The Balaban J connectivity index is 1.30. The van der Waals surface area contributed by atoms with Gasteiger partial charge in [-0.15, -0.1) is 0 Å². The van der Waals surface area contributed by atoms with Crippen molar-refractivity contribution in [3.63, 3.8) is 0 Å². The Morgan fingerprint density at radius 3 is 2.20 bits per heavy atom. The molecule has 0 aliphatic heterocycles. The van der Waals surface area contributed by atoms with Crippen molar-refractivity contribution in [3.05, 3.63) is 54.7 Å². The monoisotopic (exact) mass is 481 g/mol. The van der Waals surface area contributed by atoms with Crippen LogP contribution in [0.25, 0.3) is 10.9 Å². The minimum absolute atomic E-state index is 0.00871. The normalized spacial score (nSPS) is 10.8. The summed E-state index contributed by atoms with van der Waals surface area (Å²) in [5.41, 5.74) is 3.54. The van der Waals surface area contributed by atoms with E-state index in [4.69, 9.17) is 14.7 Å². The second-order valence-electron chi connectivity index (χ2n) is 8.51. The Morgan fingerprint density at radius 1 is 0.857 bits per heavy atom. The van der Waals surface area contributed by atoms with Crippen molar-refractivity contribution in [2.75, 3.05) is 19.0 Å². The molecule has 0 spiro atoms. The summed E-state index contributed by atoms with van der Waals surface area (Å²) >= 11 is 0. The molecule has 0 saturated carbocycles. The minimum Gasteiger partial charge on any atom is -0.497 e. The Labute approximate surface area is 206 Å². The van der Waals surface area contributed by atoms with E-state index >= 15 is 0 Å². The van der Waals surface area contributed by atoms with E-state index in [-0.39, 0.29) is 11.8 Å². The fourth-order valence-corrected chi connectivity index (χ4v) is 3.95. The Kier molecular flexibility index (Phi) is 10.4. The first kappa shape index (κ1) is 26.1. The summed E-state index contributed by atoms with van der Waals surface area (Å²) in [6.45, 7) is 1.27. The predicted octanol–water partition coefficient (Wildman–Crippen LogP) is 5.29. The summed E-state index contributed by atoms with van der Waals surface area (Å²) in [5, 5.41) is 12.5. The molecule has 2 amide bonds. The number of fused-ring (bicyclic) bond motifs is 1. The average Bonchev–Trinajstić information content (AvgIpc) is 3.28. The SMILES string of the molecule is COc1ccc2c(ccn2CCOc2ccc(NC(=O)CCCCCCCCC(=O)NO)cc2)c1. The number of hydrogen-bond acceptors (Lipinski definition) is 5. The summed E-state index contributed by atoms with van der Waals surface area (Å²) in [4.78, 5) is 23.1. The van der Waals surface area contributed by atoms with Crippen LogP contribution in [-0.4, -0.2) is 35.3 Å². The van der Waals surface area contributed by atoms with Crippen molar-refractivity contribution < 1.29 is 24.3 Å². The van der Waals surface area contributed by atoms with Crippen LogP contribution in [-0.2, 0) is 16.1 Å². The fourth-order valence-electron chi connectivity index (χ4n) is 3.95. The van der Waals surface area contributed by atoms with Gasteiger partial charge in [0.1, 0.15) is 18.1 Å². The molecule has 8 nitrogen and oxygen atoms in total. The highest BCUT2D eigenvalue weighted by molar-refractivity contribution is 5.90. The number of benzene rings is 2. The van der Waals surface area contributed by atoms with Crippen LogP contribution in [0, 0.1) is 0 Å². The van der Waals surface area contributed by atoms with E-state index in [9.17, 15) is 9.59 Å². The maximum absolute atomic E-state index is 12.2. The number of methoxy groups -OCH3 is 1. The predicted molar refractivity (Wildman–Crippen MR) is 136 cm³/mol. The number of nitrogens with one attached hydrogen (secondary N) is 2. The molecular weight excluding hydrogens is 446 g/mol. The lowest BCUT2D eigenvalue weighted by atomic mass is 10.1. The van der Waals surface area contributed by atoms with Crippen LogP contribution in [0.4, 0.5) is 5.69 Å². The van der Waals surface area contributed by atoms with Crippen LogP contribution in [0.3, 0.4) is 0 Å². The zero-order chi connectivity index (χ0) is 24.9. The third kappa shape index (κ3) is 8.64. The molecule has 3 aromatic rings. The number of amides is 2. The van der Waals surface area contributed by atoms with Crippen molar-refractivity contribution in [2.24, 2.45) is 0 Å². The van der Waals surface area contributed by atoms with E-state index in [1.54, 1.807) is 12.6 Å². The molecule has 188 valence electrons. The molecule has 1 heterocycles. The molecule has 0 aliphatic rings. The summed E-state index contributed by atoms with van der Waals surface area (Å²) < 4.78 is 13.3. The van der Waals surface area contributed by atoms with Gasteiger partial charge in [-0.3, -0.25) is 14.8 Å². The number of nitrogens with zero attached hydrogens (tertiary/aromatic N) is 1. The lowest BCUT2D eigenvalue weighted by Gasteiger charge is -2.10. The lowest BCUT2D eigenvalue weighted by Crippen LogP contribution is -2.17. The van der Waals surface area contributed by atoms with Gasteiger partial charge in [0, 0.05) is 35.6 Å². The van der Waals surface area contributed by atoms with Gasteiger partial charge in [-0.2, -0.15) is 0 Å². The molecule has 3 rings (SSSR count). The second kappa shape index (κ2) is 14.0. The molecule has 0 aliphatic carbocycles. The largest absolute Gasteiger partial charge is 0.497 e. The zero-order valence-corrected chi connectivity index (χ0v) is 20.3. The molecule has 0 radical (unpaired) electrons. The topological polar surface area (TPSA) is 102 Å². The summed E-state index contributed by atoms with van der Waals surface area (Å²) in [6.07, 6.45) is 8.48. The molecule has 2 aromatic carbocycles. The van der Waals surface area contributed by atoms with Crippen LogP contribution >= 0.6 is 0 Å². The van der Waals surface area contributed by atoms with Gasteiger partial charge in [-0.25, -0.2) is 5.48 Å². The zero-order valence-electron chi connectivity index (χ0n) is 20.3. The third-order valence-electron chi connectivity index (χ3n) is 5.90. The van der Waals surface area contributed by atoms with Crippen molar-refractivity contribution in [3.8, 4) is 11.5 Å². The second-order valence-corrected chi connectivity index (χ2v) is 8.51. The number of hydrogen-bond donors (Lipinski definition) is 3. The molecule has 0 unspecified atom stereocenters. The fraction of sp³-hybridized carbons (Fsp3) is 0.407. The summed E-state index contributed by atoms with van der Waals surface area (Å²) in [5.74, 6) is 1.28. The number of hydroxylamine groups is 1. The van der Waals surface area contributed by atoms with Crippen molar-refractivity contribution >= 4 is 28.4 Å². The number of ether oxygens (including phenoxy) is 2. The van der Waals surface area contributed by atoms with Gasteiger partial charge < -0.3 is 19.4 Å². The van der Waals surface area contributed by atoms with Crippen molar-refractivity contribution in [1.82, 2.24) is 10.0 Å². The number of rotatable bonds is 15. The molecular formula is C27H35N3O5. The lowest BCUT2D eigenvalue weighted by molar-refractivity contribution is -0.129. The Bertz CT molecular complexity index is 1080. The van der Waals surface area contributed by atoms with E-state index in [1.807, 2.05) is 48.7 Å². The highest BCUT2D eigenvalue weighted by Crippen LogP contribution is 2.22. The molecule has 0 fully saturated rings. The van der Waals surface area contributed by atoms with Crippen LogP contribution in [0.1, 0.15) is 51.4 Å². The van der Waals surface area contributed by atoms with Gasteiger partial charge in [-0.05, 0) is 61.4 Å². The number of carbonyl (C=O) groups is 2. The molecule has 0 saturated heterocycles. The Hall–Kier alpha value is -3.52. The molecule has 35 heavy (non-hydrogen) atoms. The first-order valence-corrected chi connectivity index (χ1v) is 12.2. The number of aromatic nitrogens is 1. The molecule has 3 N–H and O–H groups in total. The van der Waals surface area contributed by atoms with Gasteiger partial charge in [0.15, 0.2) is 0 Å². The average molecular weight is 482 g/mol. The van der Waals surface area contributed by atoms with Crippen molar-refractivity contribution in [2.45, 2.75) is 57.9 Å².